The Hall–Kier alpha value is -1.31. The van der Waals surface area contributed by atoms with E-state index in [0.29, 0.717) is 0 Å². The minimum atomic E-state index is 0.103. The van der Waals surface area contributed by atoms with Crippen LogP contribution in [-0.4, -0.2) is 4.98 Å². The molecule has 0 saturated heterocycles. The zero-order chi connectivity index (χ0) is 9.47. The Morgan fingerprint density at radius 1 is 1.15 bits per heavy atom. The Labute approximate surface area is 77.6 Å². The number of hydrogen-bond acceptors (Lipinski definition) is 2. The van der Waals surface area contributed by atoms with Crippen LogP contribution in [0, 0.1) is 0 Å². The summed E-state index contributed by atoms with van der Waals surface area (Å²) in [6.07, 6.45) is 5.33. The maximum absolute atomic E-state index is 5.09. The molecule has 0 amide bonds. The fourth-order valence-electron chi connectivity index (χ4n) is 1.27. The summed E-state index contributed by atoms with van der Waals surface area (Å²) in [5.74, 6) is 0. The lowest BCUT2D eigenvalue weighted by atomic mass is 9.91. The van der Waals surface area contributed by atoms with Gasteiger partial charge in [0.1, 0.15) is 0 Å². The quantitative estimate of drug-likeness (QED) is 0.614. The first-order chi connectivity index (χ1) is 6.07. The molecule has 2 aromatic heterocycles. The lowest BCUT2D eigenvalue weighted by Crippen LogP contribution is -2.12. The molecule has 0 unspecified atom stereocenters. The van der Waals surface area contributed by atoms with Crippen LogP contribution in [0.25, 0.3) is 10.8 Å². The van der Waals surface area contributed by atoms with Gasteiger partial charge < -0.3 is 4.42 Å². The molecule has 0 saturated carbocycles. The molecular formula is C11H13NO. The molecule has 0 radical (unpaired) electrons. The van der Waals surface area contributed by atoms with E-state index >= 15 is 0 Å². The summed E-state index contributed by atoms with van der Waals surface area (Å²) in [5, 5.41) is 2.19. The van der Waals surface area contributed by atoms with Crippen molar-refractivity contribution >= 4 is 10.8 Å². The molecule has 68 valence electrons. The lowest BCUT2D eigenvalue weighted by Gasteiger charge is -2.16. The second-order valence-corrected chi connectivity index (χ2v) is 4.32. The predicted molar refractivity (Wildman–Crippen MR) is 52.7 cm³/mol. The van der Waals surface area contributed by atoms with Gasteiger partial charge in [-0.3, -0.25) is 4.98 Å². The topological polar surface area (TPSA) is 26.0 Å². The van der Waals surface area contributed by atoms with Crippen LogP contribution >= 0.6 is 0 Å². The van der Waals surface area contributed by atoms with Crippen molar-refractivity contribution in [2.75, 3.05) is 0 Å². The molecule has 13 heavy (non-hydrogen) atoms. The van der Waals surface area contributed by atoms with Crippen LogP contribution in [0.15, 0.2) is 29.2 Å². The van der Waals surface area contributed by atoms with Gasteiger partial charge in [0.15, 0.2) is 0 Å². The van der Waals surface area contributed by atoms with E-state index in [9.17, 15) is 0 Å². The predicted octanol–water partition coefficient (Wildman–Crippen LogP) is 3.13. The number of fused-ring (bicyclic) bond motifs is 1. The highest BCUT2D eigenvalue weighted by atomic mass is 16.3. The van der Waals surface area contributed by atoms with Crippen molar-refractivity contribution in [2.24, 2.45) is 0 Å². The second kappa shape index (κ2) is 2.59. The molecular weight excluding hydrogens is 162 g/mol. The third-order valence-electron chi connectivity index (χ3n) is 2.13. The summed E-state index contributed by atoms with van der Waals surface area (Å²) in [7, 11) is 0. The standard InChI is InChI=1S/C11H13NO/c1-11(2,3)10-4-8-6-13-7-9(8)5-12-10/h4-7H,1-3H3. The average Bonchev–Trinajstić information content (AvgIpc) is 2.47. The number of aromatic nitrogens is 1. The minimum absolute atomic E-state index is 0.103. The molecule has 2 nitrogen and oxygen atoms in total. The molecule has 2 heterocycles. The fraction of sp³-hybridized carbons (Fsp3) is 0.364. The van der Waals surface area contributed by atoms with E-state index in [-0.39, 0.29) is 5.41 Å². The van der Waals surface area contributed by atoms with Crippen LogP contribution in [-0.2, 0) is 5.41 Å². The van der Waals surface area contributed by atoms with Crippen LogP contribution in [0.5, 0.6) is 0 Å². The van der Waals surface area contributed by atoms with Gasteiger partial charge in [0.05, 0.1) is 12.5 Å². The maximum atomic E-state index is 5.09. The van der Waals surface area contributed by atoms with Crippen LogP contribution in [0.2, 0.25) is 0 Å². The molecule has 0 bridgehead atoms. The van der Waals surface area contributed by atoms with Gasteiger partial charge >= 0.3 is 0 Å². The molecule has 0 spiro atoms. The van der Waals surface area contributed by atoms with E-state index in [1.165, 1.54) is 0 Å². The summed E-state index contributed by atoms with van der Waals surface area (Å²) >= 11 is 0. The molecule has 2 aromatic rings. The van der Waals surface area contributed by atoms with E-state index in [0.717, 1.165) is 16.5 Å². The summed E-state index contributed by atoms with van der Waals surface area (Å²) in [5.41, 5.74) is 1.20. The lowest BCUT2D eigenvalue weighted by molar-refractivity contribution is 0.569. The van der Waals surface area contributed by atoms with E-state index in [4.69, 9.17) is 4.42 Å². The Balaban J connectivity index is 2.61. The first-order valence-electron chi connectivity index (χ1n) is 4.40. The fourth-order valence-corrected chi connectivity index (χ4v) is 1.27. The molecule has 0 aromatic carbocycles. The molecule has 2 rings (SSSR count). The molecule has 0 fully saturated rings. The van der Waals surface area contributed by atoms with E-state index in [1.54, 1.807) is 12.5 Å². The monoisotopic (exact) mass is 175 g/mol. The highest BCUT2D eigenvalue weighted by molar-refractivity contribution is 5.80. The number of rotatable bonds is 0. The smallest absolute Gasteiger partial charge is 0.0996 e. The number of pyridine rings is 1. The number of furan rings is 1. The summed E-state index contributed by atoms with van der Waals surface area (Å²) < 4.78 is 5.09. The molecule has 2 heteroatoms. The Kier molecular flexibility index (Phi) is 1.65. The van der Waals surface area contributed by atoms with Gasteiger partial charge in [-0.2, -0.15) is 0 Å². The maximum Gasteiger partial charge on any atom is 0.0996 e. The number of nitrogens with zero attached hydrogens (tertiary/aromatic N) is 1. The summed E-state index contributed by atoms with van der Waals surface area (Å²) in [6.45, 7) is 6.46. The van der Waals surface area contributed by atoms with Crippen molar-refractivity contribution in [1.82, 2.24) is 4.98 Å². The Morgan fingerprint density at radius 3 is 2.54 bits per heavy atom. The Bertz CT molecular complexity index is 423. The molecule has 0 aliphatic rings. The van der Waals surface area contributed by atoms with Gasteiger partial charge in [0, 0.05) is 28.1 Å². The van der Waals surface area contributed by atoms with Crippen molar-refractivity contribution in [1.29, 1.82) is 0 Å². The summed E-state index contributed by atoms with van der Waals surface area (Å²) in [6, 6.07) is 2.08. The third-order valence-corrected chi connectivity index (χ3v) is 2.13. The van der Waals surface area contributed by atoms with Crippen molar-refractivity contribution < 1.29 is 4.42 Å². The van der Waals surface area contributed by atoms with E-state index < -0.39 is 0 Å². The molecule has 0 aliphatic heterocycles. The zero-order valence-corrected chi connectivity index (χ0v) is 8.16. The Morgan fingerprint density at radius 2 is 1.85 bits per heavy atom. The van der Waals surface area contributed by atoms with Gasteiger partial charge in [0.25, 0.3) is 0 Å². The van der Waals surface area contributed by atoms with Crippen LogP contribution in [0.1, 0.15) is 26.5 Å². The largest absolute Gasteiger partial charge is 0.471 e. The minimum Gasteiger partial charge on any atom is -0.471 e. The van der Waals surface area contributed by atoms with Crippen LogP contribution in [0.3, 0.4) is 0 Å². The highest BCUT2D eigenvalue weighted by Crippen LogP contribution is 2.23. The van der Waals surface area contributed by atoms with Crippen LogP contribution in [0.4, 0.5) is 0 Å². The van der Waals surface area contributed by atoms with Gasteiger partial charge in [-0.05, 0) is 6.07 Å². The van der Waals surface area contributed by atoms with Gasteiger partial charge in [-0.1, -0.05) is 20.8 Å². The van der Waals surface area contributed by atoms with Gasteiger partial charge in [-0.15, -0.1) is 0 Å². The van der Waals surface area contributed by atoms with Crippen molar-refractivity contribution in [2.45, 2.75) is 26.2 Å². The van der Waals surface area contributed by atoms with E-state index in [1.807, 2.05) is 6.20 Å². The van der Waals surface area contributed by atoms with E-state index in [2.05, 4.69) is 31.8 Å². The summed E-state index contributed by atoms with van der Waals surface area (Å²) in [4.78, 5) is 4.39. The molecule has 0 atom stereocenters. The van der Waals surface area contributed by atoms with Crippen molar-refractivity contribution in [3.05, 3.63) is 30.5 Å². The first kappa shape index (κ1) is 8.30. The number of hydrogen-bond donors (Lipinski definition) is 0. The first-order valence-corrected chi connectivity index (χ1v) is 4.40. The SMILES string of the molecule is CC(C)(C)c1cc2cocc2cn1. The van der Waals surface area contributed by atoms with Crippen molar-refractivity contribution in [3.8, 4) is 0 Å². The highest BCUT2D eigenvalue weighted by Gasteiger charge is 2.15. The normalized spacial score (nSPS) is 12.2. The second-order valence-electron chi connectivity index (χ2n) is 4.32. The zero-order valence-electron chi connectivity index (χ0n) is 8.16. The van der Waals surface area contributed by atoms with Crippen LogP contribution < -0.4 is 0 Å². The molecule has 0 aliphatic carbocycles. The van der Waals surface area contributed by atoms with Crippen molar-refractivity contribution in [3.63, 3.8) is 0 Å². The van der Waals surface area contributed by atoms with Gasteiger partial charge in [0.2, 0.25) is 0 Å². The molecule has 0 N–H and O–H groups in total. The van der Waals surface area contributed by atoms with Gasteiger partial charge in [-0.25, -0.2) is 0 Å². The average molecular weight is 175 g/mol. The third kappa shape index (κ3) is 1.44.